The molecule has 1 aromatic carbocycles. The lowest BCUT2D eigenvalue weighted by atomic mass is 9.96. The molecule has 0 aliphatic carbocycles. The topological polar surface area (TPSA) is 24.9 Å². The van der Waals surface area contributed by atoms with Crippen molar-refractivity contribution in [2.75, 3.05) is 53.0 Å². The second-order valence-corrected chi connectivity index (χ2v) is 6.50. The molecule has 3 rings (SSSR count). The van der Waals surface area contributed by atoms with Crippen LogP contribution in [-0.4, -0.2) is 62.8 Å². The monoisotopic (exact) mass is 304 g/mol. The maximum absolute atomic E-state index is 5.45. The van der Waals surface area contributed by atoms with Crippen molar-refractivity contribution >= 4 is 0 Å². The number of nitrogens with zero attached hydrogens (tertiary/aromatic N) is 2. The van der Waals surface area contributed by atoms with Gasteiger partial charge in [0.25, 0.3) is 0 Å². The van der Waals surface area contributed by atoms with E-state index in [9.17, 15) is 0 Å². The summed E-state index contributed by atoms with van der Waals surface area (Å²) in [5, 5.41) is 0. The van der Waals surface area contributed by atoms with Crippen molar-refractivity contribution in [1.29, 1.82) is 0 Å². The standard InChI is InChI=1S/C18H28N2O2/c1-21-18-6-4-16(5-7-18)13-20-8-2-3-17(15-20)14-19-9-11-22-12-10-19/h4-7,17H,2-3,8-15H2,1H3/t17-/m1/s1. The lowest BCUT2D eigenvalue weighted by Gasteiger charge is -2.36. The number of methoxy groups -OCH3 is 1. The first kappa shape index (κ1) is 15.8. The molecule has 0 bridgehead atoms. The van der Waals surface area contributed by atoms with Gasteiger partial charge in [-0.25, -0.2) is 0 Å². The minimum Gasteiger partial charge on any atom is -0.497 e. The number of likely N-dealkylation sites (tertiary alicyclic amines) is 1. The Labute approximate surface area is 134 Å². The maximum Gasteiger partial charge on any atom is 0.118 e. The van der Waals surface area contributed by atoms with Gasteiger partial charge in [-0.1, -0.05) is 12.1 Å². The Morgan fingerprint density at radius 1 is 1.09 bits per heavy atom. The van der Waals surface area contributed by atoms with Gasteiger partial charge in [-0.3, -0.25) is 9.80 Å². The zero-order valence-corrected chi connectivity index (χ0v) is 13.7. The number of ether oxygens (including phenoxy) is 2. The fourth-order valence-corrected chi connectivity index (χ4v) is 3.58. The average Bonchev–Trinajstić information content (AvgIpc) is 2.57. The lowest BCUT2D eigenvalue weighted by Crippen LogP contribution is -2.44. The highest BCUT2D eigenvalue weighted by Gasteiger charge is 2.23. The van der Waals surface area contributed by atoms with E-state index >= 15 is 0 Å². The first-order chi connectivity index (χ1) is 10.8. The number of piperidine rings is 1. The molecule has 2 fully saturated rings. The van der Waals surface area contributed by atoms with E-state index in [0.29, 0.717) is 0 Å². The Bertz CT molecular complexity index is 443. The molecule has 2 aliphatic rings. The predicted molar refractivity (Wildman–Crippen MR) is 88.3 cm³/mol. The van der Waals surface area contributed by atoms with Gasteiger partial charge in [-0.2, -0.15) is 0 Å². The Morgan fingerprint density at radius 2 is 1.86 bits per heavy atom. The highest BCUT2D eigenvalue weighted by molar-refractivity contribution is 5.27. The van der Waals surface area contributed by atoms with Gasteiger partial charge < -0.3 is 9.47 Å². The third-order valence-corrected chi connectivity index (χ3v) is 4.79. The second-order valence-electron chi connectivity index (χ2n) is 6.50. The molecule has 4 heteroatoms. The van der Waals surface area contributed by atoms with E-state index < -0.39 is 0 Å². The molecule has 0 saturated carbocycles. The smallest absolute Gasteiger partial charge is 0.118 e. The van der Waals surface area contributed by atoms with E-state index in [4.69, 9.17) is 9.47 Å². The largest absolute Gasteiger partial charge is 0.497 e. The number of hydrogen-bond donors (Lipinski definition) is 0. The molecule has 2 saturated heterocycles. The first-order valence-electron chi connectivity index (χ1n) is 8.49. The van der Waals surface area contributed by atoms with Gasteiger partial charge in [0.2, 0.25) is 0 Å². The minimum absolute atomic E-state index is 0.810. The molecular weight excluding hydrogens is 276 g/mol. The molecule has 2 aliphatic heterocycles. The van der Waals surface area contributed by atoms with Crippen LogP contribution in [0.2, 0.25) is 0 Å². The third-order valence-electron chi connectivity index (χ3n) is 4.79. The van der Waals surface area contributed by atoms with Gasteiger partial charge in [-0.15, -0.1) is 0 Å². The van der Waals surface area contributed by atoms with Crippen LogP contribution in [0.5, 0.6) is 5.75 Å². The van der Waals surface area contributed by atoms with Crippen LogP contribution in [0, 0.1) is 5.92 Å². The number of rotatable bonds is 5. The Morgan fingerprint density at radius 3 is 2.59 bits per heavy atom. The quantitative estimate of drug-likeness (QED) is 0.833. The molecule has 22 heavy (non-hydrogen) atoms. The summed E-state index contributed by atoms with van der Waals surface area (Å²) in [7, 11) is 1.72. The van der Waals surface area contributed by atoms with Crippen molar-refractivity contribution in [2.24, 2.45) is 5.92 Å². The highest BCUT2D eigenvalue weighted by Crippen LogP contribution is 2.21. The van der Waals surface area contributed by atoms with Crippen LogP contribution >= 0.6 is 0 Å². The first-order valence-corrected chi connectivity index (χ1v) is 8.49. The summed E-state index contributed by atoms with van der Waals surface area (Å²) in [5.41, 5.74) is 1.38. The molecule has 4 nitrogen and oxygen atoms in total. The zero-order valence-electron chi connectivity index (χ0n) is 13.7. The fourth-order valence-electron chi connectivity index (χ4n) is 3.58. The van der Waals surface area contributed by atoms with E-state index in [-0.39, 0.29) is 0 Å². The van der Waals surface area contributed by atoms with Crippen LogP contribution in [0.15, 0.2) is 24.3 Å². The molecule has 2 heterocycles. The molecule has 0 radical (unpaired) electrons. The average molecular weight is 304 g/mol. The number of hydrogen-bond acceptors (Lipinski definition) is 4. The number of morpholine rings is 1. The van der Waals surface area contributed by atoms with Crippen molar-refractivity contribution < 1.29 is 9.47 Å². The van der Waals surface area contributed by atoms with E-state index in [1.165, 1.54) is 38.0 Å². The van der Waals surface area contributed by atoms with Gasteiger partial charge in [0.05, 0.1) is 20.3 Å². The summed E-state index contributed by atoms with van der Waals surface area (Å²) in [6.45, 7) is 8.77. The molecule has 1 atom stereocenters. The van der Waals surface area contributed by atoms with E-state index in [1.54, 1.807) is 7.11 Å². The Kier molecular flexibility index (Phi) is 5.70. The van der Waals surface area contributed by atoms with Gasteiger partial charge in [0.1, 0.15) is 5.75 Å². The van der Waals surface area contributed by atoms with Crippen LogP contribution in [0.3, 0.4) is 0 Å². The van der Waals surface area contributed by atoms with Crippen LogP contribution < -0.4 is 4.74 Å². The highest BCUT2D eigenvalue weighted by atomic mass is 16.5. The minimum atomic E-state index is 0.810. The molecule has 0 N–H and O–H groups in total. The molecule has 0 spiro atoms. The molecule has 1 aromatic rings. The van der Waals surface area contributed by atoms with Gasteiger partial charge >= 0.3 is 0 Å². The number of benzene rings is 1. The van der Waals surface area contributed by atoms with Crippen molar-refractivity contribution in [1.82, 2.24) is 9.80 Å². The van der Waals surface area contributed by atoms with Gasteiger partial charge in [-0.05, 0) is 43.0 Å². The van der Waals surface area contributed by atoms with Crippen molar-refractivity contribution in [3.8, 4) is 5.75 Å². The predicted octanol–water partition coefficient (Wildman–Crippen LogP) is 2.24. The van der Waals surface area contributed by atoms with Gasteiger partial charge in [0.15, 0.2) is 0 Å². The van der Waals surface area contributed by atoms with Gasteiger partial charge in [0, 0.05) is 32.7 Å². The summed E-state index contributed by atoms with van der Waals surface area (Å²) in [4.78, 5) is 5.18. The zero-order chi connectivity index (χ0) is 15.2. The van der Waals surface area contributed by atoms with Crippen molar-refractivity contribution in [3.05, 3.63) is 29.8 Å². The van der Waals surface area contributed by atoms with Crippen molar-refractivity contribution in [3.63, 3.8) is 0 Å². The summed E-state index contributed by atoms with van der Waals surface area (Å²) in [6.07, 6.45) is 2.70. The second kappa shape index (κ2) is 7.95. The van der Waals surface area contributed by atoms with Crippen LogP contribution in [0.4, 0.5) is 0 Å². The maximum atomic E-state index is 5.45. The summed E-state index contributed by atoms with van der Waals surface area (Å²) < 4.78 is 10.7. The Balaban J connectivity index is 1.49. The summed E-state index contributed by atoms with van der Waals surface area (Å²) in [5.74, 6) is 1.75. The SMILES string of the molecule is COc1ccc(CN2CCC[C@H](CN3CCOCC3)C2)cc1. The molecule has 0 aromatic heterocycles. The lowest BCUT2D eigenvalue weighted by molar-refractivity contribution is 0.0224. The molecule has 0 unspecified atom stereocenters. The molecular formula is C18H28N2O2. The van der Waals surface area contributed by atoms with Crippen LogP contribution in [0.25, 0.3) is 0 Å². The Hall–Kier alpha value is -1.10. The molecule has 122 valence electrons. The summed E-state index contributed by atoms with van der Waals surface area (Å²) in [6, 6.07) is 8.49. The van der Waals surface area contributed by atoms with E-state index in [1.807, 2.05) is 0 Å². The normalized spacial score (nSPS) is 24.3. The van der Waals surface area contributed by atoms with Crippen molar-refractivity contribution in [2.45, 2.75) is 19.4 Å². The molecule has 0 amide bonds. The van der Waals surface area contributed by atoms with E-state index in [0.717, 1.165) is 44.5 Å². The summed E-state index contributed by atoms with van der Waals surface area (Å²) >= 11 is 0. The third kappa shape index (κ3) is 4.45. The fraction of sp³-hybridized carbons (Fsp3) is 0.667. The van der Waals surface area contributed by atoms with E-state index in [2.05, 4.69) is 34.1 Å². The van der Waals surface area contributed by atoms with Crippen LogP contribution in [0.1, 0.15) is 18.4 Å². The van der Waals surface area contributed by atoms with Crippen LogP contribution in [-0.2, 0) is 11.3 Å².